The average Bonchev–Trinajstić information content (AvgIpc) is 3.41. The topological polar surface area (TPSA) is 102 Å². The number of imide groups is 1. The van der Waals surface area contributed by atoms with E-state index in [0.29, 0.717) is 29.3 Å². The summed E-state index contributed by atoms with van der Waals surface area (Å²) >= 11 is 0. The van der Waals surface area contributed by atoms with Gasteiger partial charge in [-0.15, -0.1) is 0 Å². The van der Waals surface area contributed by atoms with Gasteiger partial charge in [-0.3, -0.25) is 24.5 Å². The lowest BCUT2D eigenvalue weighted by Crippen LogP contribution is -2.37. The third kappa shape index (κ3) is 4.18. The monoisotopic (exact) mass is 487 g/mol. The molecule has 2 heterocycles. The molecule has 0 N–H and O–H groups in total. The Labute approximate surface area is 207 Å². The standard InChI is InChI=1S/C27H25N3O6/c1-2-3-16-35-22-14-12-19(13-15-22)28-26(31)23-24(18-8-7-11-21(17-18)30(33)34)29(36-25(23)27(28)32)20-9-5-4-6-10-20/h4-15,17,23-25H,2-3,16H2,1H3/t23-,24+,25+/m0/s1. The molecule has 2 fully saturated rings. The summed E-state index contributed by atoms with van der Waals surface area (Å²) in [7, 11) is 0. The van der Waals surface area contributed by atoms with Gasteiger partial charge < -0.3 is 4.74 Å². The van der Waals surface area contributed by atoms with Gasteiger partial charge in [0.1, 0.15) is 11.7 Å². The van der Waals surface area contributed by atoms with Gasteiger partial charge in [0, 0.05) is 12.1 Å². The van der Waals surface area contributed by atoms with Gasteiger partial charge in [0.25, 0.3) is 11.6 Å². The lowest BCUT2D eigenvalue weighted by Gasteiger charge is -2.28. The second-order valence-corrected chi connectivity index (χ2v) is 8.72. The van der Waals surface area contributed by atoms with Gasteiger partial charge in [0.2, 0.25) is 5.91 Å². The number of hydrogen-bond donors (Lipinski definition) is 0. The maximum Gasteiger partial charge on any atom is 0.269 e. The first-order valence-electron chi connectivity index (χ1n) is 11.9. The van der Waals surface area contributed by atoms with Crippen LogP contribution < -0.4 is 14.7 Å². The summed E-state index contributed by atoms with van der Waals surface area (Å²) < 4.78 is 5.69. The molecule has 3 atom stereocenters. The highest BCUT2D eigenvalue weighted by atomic mass is 16.7. The van der Waals surface area contributed by atoms with E-state index < -0.39 is 34.8 Å². The number of unbranched alkanes of at least 4 members (excludes halogenated alkanes) is 1. The average molecular weight is 488 g/mol. The van der Waals surface area contributed by atoms with Gasteiger partial charge in [-0.05, 0) is 48.4 Å². The molecule has 0 spiro atoms. The molecule has 0 aromatic heterocycles. The fourth-order valence-electron chi connectivity index (χ4n) is 4.65. The molecule has 0 aliphatic carbocycles. The van der Waals surface area contributed by atoms with Gasteiger partial charge in [0.05, 0.1) is 28.9 Å². The van der Waals surface area contributed by atoms with Gasteiger partial charge in [-0.25, -0.2) is 9.96 Å². The Morgan fingerprint density at radius 3 is 2.39 bits per heavy atom. The molecule has 36 heavy (non-hydrogen) atoms. The molecule has 9 nitrogen and oxygen atoms in total. The van der Waals surface area contributed by atoms with Crippen molar-refractivity contribution < 1.29 is 24.1 Å². The Bertz CT molecular complexity index is 1280. The number of carbonyl (C=O) groups is 2. The Kier molecular flexibility index (Phi) is 6.39. The molecule has 3 aromatic rings. The number of nitro groups is 1. The van der Waals surface area contributed by atoms with Crippen LogP contribution in [0.15, 0.2) is 78.9 Å². The molecule has 5 rings (SSSR count). The number of amides is 2. The van der Waals surface area contributed by atoms with Gasteiger partial charge >= 0.3 is 0 Å². The van der Waals surface area contributed by atoms with Crippen molar-refractivity contribution in [3.63, 3.8) is 0 Å². The highest BCUT2D eigenvalue weighted by Gasteiger charge is 2.60. The van der Waals surface area contributed by atoms with Crippen LogP contribution in [0.4, 0.5) is 17.1 Å². The maximum absolute atomic E-state index is 13.7. The van der Waals surface area contributed by atoms with Crippen molar-refractivity contribution in [1.82, 2.24) is 0 Å². The largest absolute Gasteiger partial charge is 0.494 e. The van der Waals surface area contributed by atoms with Crippen molar-refractivity contribution >= 4 is 28.9 Å². The minimum absolute atomic E-state index is 0.101. The summed E-state index contributed by atoms with van der Waals surface area (Å²) in [6.07, 6.45) is 0.897. The highest BCUT2D eigenvalue weighted by molar-refractivity contribution is 6.23. The van der Waals surface area contributed by atoms with Crippen molar-refractivity contribution in [1.29, 1.82) is 0 Å². The molecule has 2 saturated heterocycles. The molecule has 0 radical (unpaired) electrons. The minimum atomic E-state index is -1.05. The highest BCUT2D eigenvalue weighted by Crippen LogP contribution is 2.48. The van der Waals surface area contributed by atoms with E-state index in [1.54, 1.807) is 48.5 Å². The third-order valence-corrected chi connectivity index (χ3v) is 6.41. The normalized spacial score (nSPS) is 21.1. The number of hydroxylamine groups is 1. The summed E-state index contributed by atoms with van der Waals surface area (Å²) in [4.78, 5) is 45.3. The first kappa shape index (κ1) is 23.5. The third-order valence-electron chi connectivity index (χ3n) is 6.41. The van der Waals surface area contributed by atoms with E-state index in [0.717, 1.165) is 17.7 Å². The Morgan fingerprint density at radius 2 is 1.69 bits per heavy atom. The molecule has 0 bridgehead atoms. The number of non-ortho nitro benzene ring substituents is 1. The molecule has 9 heteroatoms. The summed E-state index contributed by atoms with van der Waals surface area (Å²) in [5, 5.41) is 13.0. The smallest absolute Gasteiger partial charge is 0.269 e. The number of nitrogens with zero attached hydrogens (tertiary/aromatic N) is 3. The first-order chi connectivity index (χ1) is 17.5. The number of carbonyl (C=O) groups excluding carboxylic acids is 2. The van der Waals surface area contributed by atoms with Crippen LogP contribution in [0, 0.1) is 16.0 Å². The van der Waals surface area contributed by atoms with Crippen LogP contribution >= 0.6 is 0 Å². The molecule has 184 valence electrons. The van der Waals surface area contributed by atoms with Crippen LogP contribution in [0.5, 0.6) is 5.75 Å². The van der Waals surface area contributed by atoms with Crippen molar-refractivity contribution in [2.75, 3.05) is 16.6 Å². The van der Waals surface area contributed by atoms with E-state index in [9.17, 15) is 19.7 Å². The second-order valence-electron chi connectivity index (χ2n) is 8.72. The summed E-state index contributed by atoms with van der Waals surface area (Å²) in [5.74, 6) is -1.11. The zero-order valence-corrected chi connectivity index (χ0v) is 19.7. The van der Waals surface area contributed by atoms with E-state index in [4.69, 9.17) is 9.57 Å². The van der Waals surface area contributed by atoms with Crippen LogP contribution in [0.1, 0.15) is 31.4 Å². The lowest BCUT2D eigenvalue weighted by molar-refractivity contribution is -0.384. The fraction of sp³-hybridized carbons (Fsp3) is 0.259. The number of hydrogen-bond acceptors (Lipinski definition) is 7. The number of nitro benzene ring substituents is 1. The van der Waals surface area contributed by atoms with Crippen molar-refractivity contribution in [2.45, 2.75) is 31.9 Å². The van der Waals surface area contributed by atoms with Crippen LogP contribution in [-0.4, -0.2) is 29.4 Å². The zero-order chi connectivity index (χ0) is 25.2. The van der Waals surface area contributed by atoms with E-state index >= 15 is 0 Å². The predicted octanol–water partition coefficient (Wildman–Crippen LogP) is 4.82. The molecule has 0 unspecified atom stereocenters. The maximum atomic E-state index is 13.7. The molecule has 2 aliphatic heterocycles. The van der Waals surface area contributed by atoms with Gasteiger partial charge in [0.15, 0.2) is 6.10 Å². The zero-order valence-electron chi connectivity index (χ0n) is 19.7. The molecule has 0 saturated carbocycles. The van der Waals surface area contributed by atoms with Crippen LogP contribution in [0.3, 0.4) is 0 Å². The number of anilines is 2. The number of benzene rings is 3. The first-order valence-corrected chi connectivity index (χ1v) is 11.9. The van der Waals surface area contributed by atoms with Crippen LogP contribution in [0.25, 0.3) is 0 Å². The van der Waals surface area contributed by atoms with Gasteiger partial charge in [-0.2, -0.15) is 0 Å². The number of para-hydroxylation sites is 1. The molecular weight excluding hydrogens is 462 g/mol. The molecule has 3 aromatic carbocycles. The van der Waals surface area contributed by atoms with Crippen molar-refractivity contribution in [2.24, 2.45) is 5.92 Å². The summed E-state index contributed by atoms with van der Waals surface area (Å²) in [6, 6.07) is 21.3. The van der Waals surface area contributed by atoms with Gasteiger partial charge in [-0.1, -0.05) is 43.7 Å². The number of ether oxygens (including phenoxy) is 1. The Hall–Kier alpha value is -4.24. The van der Waals surface area contributed by atoms with Crippen molar-refractivity contribution in [3.8, 4) is 5.75 Å². The lowest BCUT2D eigenvalue weighted by atomic mass is 9.90. The Morgan fingerprint density at radius 1 is 0.944 bits per heavy atom. The minimum Gasteiger partial charge on any atom is -0.494 e. The summed E-state index contributed by atoms with van der Waals surface area (Å²) in [6.45, 7) is 2.67. The molecular formula is C27H25N3O6. The number of rotatable bonds is 8. The van der Waals surface area contributed by atoms with Crippen LogP contribution in [-0.2, 0) is 14.4 Å². The van der Waals surface area contributed by atoms with Crippen molar-refractivity contribution in [3.05, 3.63) is 94.5 Å². The predicted molar refractivity (Wildman–Crippen MR) is 132 cm³/mol. The fourth-order valence-corrected chi connectivity index (χ4v) is 4.65. The second kappa shape index (κ2) is 9.79. The number of fused-ring (bicyclic) bond motifs is 1. The SMILES string of the molecule is CCCCOc1ccc(N2C(=O)[C@H]3[C@@H](c4cccc([N+](=O)[O-])c4)N(c4ccccc4)O[C@H]3C2=O)cc1. The van der Waals surface area contributed by atoms with E-state index in [2.05, 4.69) is 6.92 Å². The molecule has 2 amide bonds. The van der Waals surface area contributed by atoms with Crippen LogP contribution in [0.2, 0.25) is 0 Å². The summed E-state index contributed by atoms with van der Waals surface area (Å²) in [5.41, 5.74) is 1.48. The van der Waals surface area contributed by atoms with E-state index in [1.165, 1.54) is 17.2 Å². The molecule has 2 aliphatic rings. The Balaban J connectivity index is 1.49. The van der Waals surface area contributed by atoms with E-state index in [1.807, 2.05) is 18.2 Å². The van der Waals surface area contributed by atoms with E-state index in [-0.39, 0.29) is 5.69 Å². The quantitative estimate of drug-likeness (QED) is 0.194.